The minimum Gasteiger partial charge on any atom is -0.369 e. The summed E-state index contributed by atoms with van der Waals surface area (Å²) in [6.07, 6.45) is 3.07. The molecule has 0 spiro atoms. The molecule has 1 amide bonds. The summed E-state index contributed by atoms with van der Waals surface area (Å²) < 4.78 is 1.81. The van der Waals surface area contributed by atoms with E-state index in [2.05, 4.69) is 18.2 Å². The van der Waals surface area contributed by atoms with Gasteiger partial charge in [0.25, 0.3) is 0 Å². The van der Waals surface area contributed by atoms with Crippen LogP contribution in [0.3, 0.4) is 0 Å². The molecule has 2 aromatic carbocycles. The number of hydrogen-bond donors (Lipinski definition) is 1. The normalized spacial score (nSPS) is 15.0. The second kappa shape index (κ2) is 6.41. The van der Waals surface area contributed by atoms with Crippen LogP contribution in [0.2, 0.25) is 0 Å². The Hall–Kier alpha value is -2.95. The lowest BCUT2D eigenvalue weighted by Gasteiger charge is -2.12. The molecule has 1 heterocycles. The first-order chi connectivity index (χ1) is 12.6. The third-order valence-electron chi connectivity index (χ3n) is 5.03. The van der Waals surface area contributed by atoms with Gasteiger partial charge in [-0.15, -0.1) is 0 Å². The molecule has 0 atom stereocenters. The number of benzene rings is 2. The van der Waals surface area contributed by atoms with Crippen molar-refractivity contribution in [3.05, 3.63) is 77.4 Å². The van der Waals surface area contributed by atoms with Gasteiger partial charge in [0.1, 0.15) is 11.2 Å². The van der Waals surface area contributed by atoms with Gasteiger partial charge in [-0.3, -0.25) is 4.79 Å². The number of carbonyl (C=O) groups excluding carboxylic acids is 1. The average molecular weight is 346 g/mol. The van der Waals surface area contributed by atoms with Crippen molar-refractivity contribution in [2.45, 2.75) is 38.0 Å². The van der Waals surface area contributed by atoms with E-state index < -0.39 is 5.41 Å². The SMILES string of the molecule is Cc1cccc(-n2nc(CCc3ccccc3)nc2C2(C(N)=O)CC2)c1. The lowest BCUT2D eigenvalue weighted by Crippen LogP contribution is -2.31. The van der Waals surface area contributed by atoms with E-state index in [0.717, 1.165) is 42.8 Å². The van der Waals surface area contributed by atoms with Crippen LogP contribution in [0.4, 0.5) is 0 Å². The van der Waals surface area contributed by atoms with Gasteiger partial charge < -0.3 is 5.73 Å². The van der Waals surface area contributed by atoms with Gasteiger partial charge in [-0.25, -0.2) is 9.67 Å². The van der Waals surface area contributed by atoms with E-state index in [0.29, 0.717) is 5.82 Å². The van der Waals surface area contributed by atoms with Gasteiger partial charge in [-0.1, -0.05) is 42.5 Å². The number of carbonyl (C=O) groups is 1. The lowest BCUT2D eigenvalue weighted by molar-refractivity contribution is -0.120. The number of rotatable bonds is 6. The van der Waals surface area contributed by atoms with E-state index >= 15 is 0 Å². The molecule has 0 aliphatic heterocycles. The van der Waals surface area contributed by atoms with Crippen molar-refractivity contribution in [3.63, 3.8) is 0 Å². The van der Waals surface area contributed by atoms with Crippen molar-refractivity contribution in [2.24, 2.45) is 5.73 Å². The highest BCUT2D eigenvalue weighted by Gasteiger charge is 2.54. The zero-order chi connectivity index (χ0) is 18.1. The predicted molar refractivity (Wildman–Crippen MR) is 100 cm³/mol. The summed E-state index contributed by atoms with van der Waals surface area (Å²) in [5, 5.41) is 4.72. The van der Waals surface area contributed by atoms with E-state index in [1.54, 1.807) is 0 Å². The first-order valence-electron chi connectivity index (χ1n) is 8.96. The molecule has 0 unspecified atom stereocenters. The van der Waals surface area contributed by atoms with E-state index in [4.69, 9.17) is 15.8 Å². The van der Waals surface area contributed by atoms with Gasteiger partial charge in [-0.2, -0.15) is 5.10 Å². The minimum atomic E-state index is -0.665. The fourth-order valence-electron chi connectivity index (χ4n) is 3.32. The maximum atomic E-state index is 12.1. The van der Waals surface area contributed by atoms with Crippen LogP contribution in [0.1, 0.15) is 35.6 Å². The van der Waals surface area contributed by atoms with Crippen LogP contribution in [0.5, 0.6) is 0 Å². The van der Waals surface area contributed by atoms with Crippen LogP contribution in [0.15, 0.2) is 54.6 Å². The average Bonchev–Trinajstić information content (AvgIpc) is 3.35. The van der Waals surface area contributed by atoms with Crippen LogP contribution < -0.4 is 5.73 Å². The maximum Gasteiger partial charge on any atom is 0.231 e. The summed E-state index contributed by atoms with van der Waals surface area (Å²) >= 11 is 0. The molecule has 132 valence electrons. The minimum absolute atomic E-state index is 0.312. The predicted octanol–water partition coefficient (Wildman–Crippen LogP) is 2.88. The molecule has 5 nitrogen and oxygen atoms in total. The van der Waals surface area contributed by atoms with E-state index in [1.165, 1.54) is 5.56 Å². The first-order valence-corrected chi connectivity index (χ1v) is 8.96. The molecule has 1 aliphatic rings. The number of aromatic nitrogens is 3. The Morgan fingerprint density at radius 1 is 1.12 bits per heavy atom. The molecule has 5 heteroatoms. The van der Waals surface area contributed by atoms with Crippen molar-refractivity contribution in [1.82, 2.24) is 14.8 Å². The lowest BCUT2D eigenvalue weighted by atomic mass is 10.1. The van der Waals surface area contributed by atoms with Crippen molar-refractivity contribution < 1.29 is 4.79 Å². The Bertz CT molecular complexity index is 942. The van der Waals surface area contributed by atoms with E-state index in [1.807, 2.05) is 48.0 Å². The molecular formula is C21H22N4O. The van der Waals surface area contributed by atoms with Crippen molar-refractivity contribution in [2.75, 3.05) is 0 Å². The molecular weight excluding hydrogens is 324 g/mol. The molecule has 2 N–H and O–H groups in total. The highest BCUT2D eigenvalue weighted by atomic mass is 16.1. The Morgan fingerprint density at radius 3 is 2.54 bits per heavy atom. The Balaban J connectivity index is 1.70. The number of primary amides is 1. The number of nitrogens with two attached hydrogens (primary N) is 1. The fraction of sp³-hybridized carbons (Fsp3) is 0.286. The third kappa shape index (κ3) is 3.01. The molecule has 4 rings (SSSR count). The van der Waals surface area contributed by atoms with Crippen molar-refractivity contribution in [1.29, 1.82) is 0 Å². The standard InChI is InChI=1S/C21H22N4O/c1-15-6-5-9-17(14-15)25-20(21(12-13-21)19(22)26)23-18(24-25)11-10-16-7-3-2-4-8-16/h2-9,14H,10-13H2,1H3,(H2,22,26). The molecule has 26 heavy (non-hydrogen) atoms. The summed E-state index contributed by atoms with van der Waals surface area (Å²) in [4.78, 5) is 16.8. The topological polar surface area (TPSA) is 73.8 Å². The Labute approximate surface area is 152 Å². The largest absolute Gasteiger partial charge is 0.369 e. The Morgan fingerprint density at radius 2 is 1.88 bits per heavy atom. The smallest absolute Gasteiger partial charge is 0.231 e. The van der Waals surface area contributed by atoms with Gasteiger partial charge in [-0.05, 0) is 49.4 Å². The zero-order valence-electron chi connectivity index (χ0n) is 14.9. The molecule has 0 saturated heterocycles. The highest BCUT2D eigenvalue weighted by Crippen LogP contribution is 2.47. The van der Waals surface area contributed by atoms with E-state index in [9.17, 15) is 4.79 Å². The quantitative estimate of drug-likeness (QED) is 0.746. The van der Waals surface area contributed by atoms with E-state index in [-0.39, 0.29) is 5.91 Å². The van der Waals surface area contributed by atoms with Crippen LogP contribution in [-0.4, -0.2) is 20.7 Å². The number of amides is 1. The summed E-state index contributed by atoms with van der Waals surface area (Å²) in [6.45, 7) is 2.04. The first kappa shape index (κ1) is 16.5. The number of nitrogens with zero attached hydrogens (tertiary/aromatic N) is 3. The van der Waals surface area contributed by atoms with Crippen LogP contribution in [0, 0.1) is 6.92 Å². The van der Waals surface area contributed by atoms with Crippen molar-refractivity contribution >= 4 is 5.91 Å². The molecule has 1 aromatic heterocycles. The molecule has 1 aliphatic carbocycles. The van der Waals surface area contributed by atoms with Gasteiger partial charge in [0.2, 0.25) is 5.91 Å². The third-order valence-corrected chi connectivity index (χ3v) is 5.03. The Kier molecular flexibility index (Phi) is 4.07. The summed E-state index contributed by atoms with van der Waals surface area (Å²) in [6, 6.07) is 18.3. The van der Waals surface area contributed by atoms with Gasteiger partial charge in [0, 0.05) is 6.42 Å². The van der Waals surface area contributed by atoms with Gasteiger partial charge in [0.15, 0.2) is 5.82 Å². The maximum absolute atomic E-state index is 12.1. The molecule has 0 bridgehead atoms. The second-order valence-corrected chi connectivity index (χ2v) is 7.03. The second-order valence-electron chi connectivity index (χ2n) is 7.03. The molecule has 1 fully saturated rings. The van der Waals surface area contributed by atoms with Crippen molar-refractivity contribution in [3.8, 4) is 5.69 Å². The molecule has 3 aromatic rings. The summed E-state index contributed by atoms with van der Waals surface area (Å²) in [5.74, 6) is 1.12. The fourth-order valence-corrected chi connectivity index (χ4v) is 3.32. The highest BCUT2D eigenvalue weighted by molar-refractivity contribution is 5.89. The van der Waals surface area contributed by atoms with Gasteiger partial charge in [0.05, 0.1) is 5.69 Å². The van der Waals surface area contributed by atoms with Gasteiger partial charge >= 0.3 is 0 Å². The monoisotopic (exact) mass is 346 g/mol. The number of aryl methyl sites for hydroxylation is 3. The van der Waals surface area contributed by atoms with Crippen LogP contribution in [-0.2, 0) is 23.1 Å². The van der Waals surface area contributed by atoms with Crippen LogP contribution >= 0.6 is 0 Å². The molecule has 1 saturated carbocycles. The summed E-state index contributed by atoms with van der Waals surface area (Å²) in [7, 11) is 0. The zero-order valence-corrected chi connectivity index (χ0v) is 14.9. The van der Waals surface area contributed by atoms with Crippen LogP contribution in [0.25, 0.3) is 5.69 Å². The summed E-state index contributed by atoms with van der Waals surface area (Å²) in [5.41, 5.74) is 8.34. The number of hydrogen-bond acceptors (Lipinski definition) is 3. The molecule has 0 radical (unpaired) electrons.